The van der Waals surface area contributed by atoms with E-state index in [0.29, 0.717) is 0 Å². The molecule has 3 aromatic rings. The fourth-order valence-corrected chi connectivity index (χ4v) is 2.63. The summed E-state index contributed by atoms with van der Waals surface area (Å²) in [6.45, 7) is 1.88. The van der Waals surface area contributed by atoms with Gasteiger partial charge in [-0.15, -0.1) is 0 Å². The molecule has 7 heteroatoms. The highest BCUT2D eigenvalue weighted by Crippen LogP contribution is 2.30. The largest absolute Gasteiger partial charge is 0.477 e. The Bertz CT molecular complexity index is 1010. The lowest BCUT2D eigenvalue weighted by atomic mass is 10.0. The number of benzene rings is 1. The fourth-order valence-electron chi connectivity index (χ4n) is 2.63. The van der Waals surface area contributed by atoms with Crippen molar-refractivity contribution >= 4 is 16.9 Å². The van der Waals surface area contributed by atoms with Crippen LogP contribution in [-0.4, -0.2) is 20.6 Å². The molecule has 122 valence electrons. The number of carboxylic acids is 1. The van der Waals surface area contributed by atoms with Gasteiger partial charge in [0.2, 0.25) is 5.43 Å². The second-order valence-corrected chi connectivity index (χ2v) is 5.12. The van der Waals surface area contributed by atoms with Crippen LogP contribution in [0.4, 0.5) is 8.78 Å². The third-order valence-electron chi connectivity index (χ3n) is 3.75. The summed E-state index contributed by atoms with van der Waals surface area (Å²) in [7, 11) is 0. The van der Waals surface area contributed by atoms with Crippen LogP contribution in [0.1, 0.15) is 17.3 Å². The zero-order chi connectivity index (χ0) is 17.4. The van der Waals surface area contributed by atoms with Gasteiger partial charge in [0.1, 0.15) is 11.4 Å². The summed E-state index contributed by atoms with van der Waals surface area (Å²) in [5.41, 5.74) is -1.87. The number of pyridine rings is 2. The minimum atomic E-state index is -1.45. The minimum absolute atomic E-state index is 0.0896. The number of fused-ring (bicyclic) bond motifs is 1. The van der Waals surface area contributed by atoms with Gasteiger partial charge in [0.05, 0.1) is 22.2 Å². The number of aromatic nitrogens is 2. The number of halogens is 2. The number of hydrogen-bond donors (Lipinski definition) is 1. The second kappa shape index (κ2) is 5.84. The van der Waals surface area contributed by atoms with Crippen molar-refractivity contribution in [3.05, 3.63) is 64.1 Å². The lowest BCUT2D eigenvalue weighted by molar-refractivity contribution is 0.0695. The normalized spacial score (nSPS) is 11.0. The van der Waals surface area contributed by atoms with Crippen LogP contribution in [0.3, 0.4) is 0 Å². The Morgan fingerprint density at radius 2 is 2.08 bits per heavy atom. The van der Waals surface area contributed by atoms with E-state index in [1.807, 2.05) is 0 Å². The Morgan fingerprint density at radius 3 is 2.67 bits per heavy atom. The molecular weight excluding hydrogens is 318 g/mol. The van der Waals surface area contributed by atoms with E-state index in [0.717, 1.165) is 12.3 Å². The molecule has 0 spiro atoms. The molecule has 1 aromatic carbocycles. The molecule has 0 atom stereocenters. The topological polar surface area (TPSA) is 72.2 Å². The molecule has 2 heterocycles. The first kappa shape index (κ1) is 15.8. The zero-order valence-corrected chi connectivity index (χ0v) is 12.6. The van der Waals surface area contributed by atoms with Crippen molar-refractivity contribution in [2.75, 3.05) is 0 Å². The summed E-state index contributed by atoms with van der Waals surface area (Å²) in [4.78, 5) is 27.4. The minimum Gasteiger partial charge on any atom is -0.477 e. The molecule has 0 saturated carbocycles. The van der Waals surface area contributed by atoms with Crippen molar-refractivity contribution in [3.63, 3.8) is 0 Å². The lowest BCUT2D eigenvalue weighted by Gasteiger charge is -2.14. The molecule has 3 rings (SSSR count). The van der Waals surface area contributed by atoms with Crippen molar-refractivity contribution < 1.29 is 18.7 Å². The smallest absolute Gasteiger partial charge is 0.341 e. The van der Waals surface area contributed by atoms with E-state index in [4.69, 9.17) is 5.11 Å². The molecule has 24 heavy (non-hydrogen) atoms. The predicted molar refractivity (Wildman–Crippen MR) is 84.0 cm³/mol. The zero-order valence-electron chi connectivity index (χ0n) is 12.6. The first-order chi connectivity index (χ1) is 11.5. The molecule has 0 fully saturated rings. The van der Waals surface area contributed by atoms with Gasteiger partial charge in [-0.25, -0.2) is 13.6 Å². The molecule has 2 aromatic heterocycles. The maximum atomic E-state index is 15.0. The maximum Gasteiger partial charge on any atom is 0.341 e. The van der Waals surface area contributed by atoms with Gasteiger partial charge in [0, 0.05) is 18.9 Å². The van der Waals surface area contributed by atoms with Crippen LogP contribution in [0.15, 0.2) is 41.5 Å². The molecule has 0 saturated heterocycles. The van der Waals surface area contributed by atoms with Crippen molar-refractivity contribution in [2.24, 2.45) is 0 Å². The highest BCUT2D eigenvalue weighted by atomic mass is 19.1. The Labute approximate surface area is 134 Å². The van der Waals surface area contributed by atoms with Gasteiger partial charge < -0.3 is 9.67 Å². The second-order valence-electron chi connectivity index (χ2n) is 5.12. The van der Waals surface area contributed by atoms with Crippen LogP contribution in [0.2, 0.25) is 0 Å². The van der Waals surface area contributed by atoms with E-state index in [2.05, 4.69) is 4.98 Å². The summed E-state index contributed by atoms with van der Waals surface area (Å²) >= 11 is 0. The number of aromatic carboxylic acids is 1. The molecule has 5 nitrogen and oxygen atoms in total. The molecule has 0 bridgehead atoms. The van der Waals surface area contributed by atoms with E-state index in [1.165, 1.54) is 16.8 Å². The van der Waals surface area contributed by atoms with Gasteiger partial charge in [-0.3, -0.25) is 9.78 Å². The number of nitrogens with zero attached hydrogens (tertiary/aromatic N) is 2. The van der Waals surface area contributed by atoms with E-state index in [-0.39, 0.29) is 28.7 Å². The van der Waals surface area contributed by atoms with Crippen molar-refractivity contribution in [1.29, 1.82) is 0 Å². The van der Waals surface area contributed by atoms with E-state index in [9.17, 15) is 18.4 Å². The van der Waals surface area contributed by atoms with Crippen molar-refractivity contribution in [2.45, 2.75) is 13.5 Å². The SMILES string of the molecule is CCn1cc(C(=O)O)c(=O)c2cc(F)c(-c3ccccn3)c(F)c21. The number of hydrogen-bond acceptors (Lipinski definition) is 3. The van der Waals surface area contributed by atoms with Gasteiger partial charge >= 0.3 is 5.97 Å². The molecule has 0 radical (unpaired) electrons. The summed E-state index contributed by atoms with van der Waals surface area (Å²) in [5, 5.41) is 8.79. The standard InChI is InChI=1S/C17H12F2N2O3/c1-2-21-8-10(17(23)24)16(22)9-7-11(18)13(14(19)15(9)21)12-5-3-4-6-20-12/h3-8H,2H2,1H3,(H,23,24). The molecule has 0 aliphatic rings. The van der Waals surface area contributed by atoms with Crippen LogP contribution in [0.5, 0.6) is 0 Å². The van der Waals surface area contributed by atoms with Gasteiger partial charge in [-0.1, -0.05) is 6.07 Å². The Morgan fingerprint density at radius 1 is 1.33 bits per heavy atom. The number of rotatable bonds is 3. The fraction of sp³-hybridized carbons (Fsp3) is 0.118. The number of carboxylic acid groups (broad SMARTS) is 1. The molecule has 0 aliphatic heterocycles. The van der Waals surface area contributed by atoms with Crippen molar-refractivity contribution in [3.8, 4) is 11.3 Å². The molecule has 1 N–H and O–H groups in total. The van der Waals surface area contributed by atoms with E-state index in [1.54, 1.807) is 19.1 Å². The number of aryl methyl sites for hydroxylation is 1. The Hall–Kier alpha value is -3.09. The van der Waals surface area contributed by atoms with Crippen LogP contribution in [-0.2, 0) is 6.54 Å². The van der Waals surface area contributed by atoms with Crippen molar-refractivity contribution in [1.82, 2.24) is 9.55 Å². The Balaban J connectivity index is 2.48. The summed E-state index contributed by atoms with van der Waals surface area (Å²) in [5.74, 6) is -3.36. The third-order valence-corrected chi connectivity index (χ3v) is 3.75. The van der Waals surface area contributed by atoms with Gasteiger partial charge in [0.25, 0.3) is 0 Å². The summed E-state index contributed by atoms with van der Waals surface area (Å²) in [6.07, 6.45) is 2.47. The lowest BCUT2D eigenvalue weighted by Crippen LogP contribution is -2.20. The maximum absolute atomic E-state index is 15.0. The highest BCUT2D eigenvalue weighted by molar-refractivity contribution is 5.94. The van der Waals surface area contributed by atoms with E-state index < -0.39 is 28.6 Å². The average molecular weight is 330 g/mol. The van der Waals surface area contributed by atoms with Crippen LogP contribution < -0.4 is 5.43 Å². The molecular formula is C17H12F2N2O3. The first-order valence-corrected chi connectivity index (χ1v) is 7.15. The third kappa shape index (κ3) is 2.34. The van der Waals surface area contributed by atoms with Crippen LogP contribution in [0.25, 0.3) is 22.2 Å². The van der Waals surface area contributed by atoms with Gasteiger partial charge in [0.15, 0.2) is 5.82 Å². The summed E-state index contributed by atoms with van der Waals surface area (Å²) < 4.78 is 30.7. The number of carbonyl (C=O) groups is 1. The highest BCUT2D eigenvalue weighted by Gasteiger charge is 2.22. The summed E-state index contributed by atoms with van der Waals surface area (Å²) in [6, 6.07) is 5.52. The Kier molecular flexibility index (Phi) is 3.84. The average Bonchev–Trinajstić information content (AvgIpc) is 2.56. The van der Waals surface area contributed by atoms with Gasteiger partial charge in [-0.05, 0) is 25.1 Å². The molecule has 0 unspecified atom stereocenters. The predicted octanol–water partition coefficient (Wildman–Crippen LogP) is 3.06. The first-order valence-electron chi connectivity index (χ1n) is 7.15. The molecule has 0 aliphatic carbocycles. The quantitative estimate of drug-likeness (QED) is 0.801. The van der Waals surface area contributed by atoms with Crippen LogP contribution >= 0.6 is 0 Å². The molecule has 0 amide bonds. The van der Waals surface area contributed by atoms with Gasteiger partial charge in [-0.2, -0.15) is 0 Å². The van der Waals surface area contributed by atoms with Crippen LogP contribution in [0, 0.1) is 11.6 Å². The monoisotopic (exact) mass is 330 g/mol. The van der Waals surface area contributed by atoms with E-state index >= 15 is 0 Å².